The highest BCUT2D eigenvalue weighted by atomic mass is 35.5. The summed E-state index contributed by atoms with van der Waals surface area (Å²) in [4.78, 5) is 24.5. The van der Waals surface area contributed by atoms with Crippen molar-refractivity contribution >= 4 is 33.4 Å². The van der Waals surface area contributed by atoms with Gasteiger partial charge in [0.05, 0.1) is 15.5 Å². The van der Waals surface area contributed by atoms with Crippen LogP contribution in [0.25, 0.3) is 0 Å². The van der Waals surface area contributed by atoms with Crippen molar-refractivity contribution in [2.45, 2.75) is 24.7 Å². The second-order valence-corrected chi connectivity index (χ2v) is 9.44. The Hall–Kier alpha value is -2.22. The van der Waals surface area contributed by atoms with Crippen molar-refractivity contribution in [1.29, 1.82) is 0 Å². The first-order valence-electron chi connectivity index (χ1n) is 9.34. The molecule has 29 heavy (non-hydrogen) atoms. The van der Waals surface area contributed by atoms with Crippen molar-refractivity contribution in [2.24, 2.45) is 5.92 Å². The van der Waals surface area contributed by atoms with E-state index in [4.69, 9.17) is 16.3 Å². The molecule has 0 amide bonds. The van der Waals surface area contributed by atoms with Gasteiger partial charge in [0.15, 0.2) is 12.4 Å². The van der Waals surface area contributed by atoms with E-state index < -0.39 is 22.6 Å². The third-order valence-electron chi connectivity index (χ3n) is 4.97. The second kappa shape index (κ2) is 9.07. The molecule has 0 atom stereocenters. The highest BCUT2D eigenvalue weighted by molar-refractivity contribution is 7.89. The summed E-state index contributed by atoms with van der Waals surface area (Å²) in [5, 5.41) is 0.0633. The number of halogens is 1. The second-order valence-electron chi connectivity index (χ2n) is 7.09. The van der Waals surface area contributed by atoms with Gasteiger partial charge in [0, 0.05) is 18.7 Å². The largest absolute Gasteiger partial charge is 0.454 e. The Labute approximate surface area is 175 Å². The summed E-state index contributed by atoms with van der Waals surface area (Å²) < 4.78 is 32.3. The molecule has 0 saturated carbocycles. The molecule has 0 N–H and O–H groups in total. The van der Waals surface area contributed by atoms with Crippen LogP contribution in [-0.4, -0.2) is 44.2 Å². The van der Waals surface area contributed by atoms with Gasteiger partial charge in [-0.1, -0.05) is 48.9 Å². The topological polar surface area (TPSA) is 80.8 Å². The molecular formula is C21H22ClNO5S. The molecular weight excluding hydrogens is 414 g/mol. The smallest absolute Gasteiger partial charge is 0.340 e. The summed E-state index contributed by atoms with van der Waals surface area (Å²) in [5.74, 6) is -0.718. The molecule has 0 aromatic heterocycles. The number of sulfonamides is 1. The highest BCUT2D eigenvalue weighted by Crippen LogP contribution is 2.27. The average Bonchev–Trinajstić information content (AvgIpc) is 2.73. The standard InChI is InChI=1S/C21H22ClNO5S/c1-15-9-11-23(12-10-15)29(26,27)17-7-8-19(22)18(13-17)21(25)28-14-20(24)16-5-3-2-4-6-16/h2-8,13,15H,9-12,14H2,1H3. The van der Waals surface area contributed by atoms with Crippen LogP contribution in [0.15, 0.2) is 53.4 Å². The Kier molecular flexibility index (Phi) is 6.72. The third-order valence-corrected chi connectivity index (χ3v) is 7.19. The van der Waals surface area contributed by atoms with Crippen molar-refractivity contribution in [2.75, 3.05) is 19.7 Å². The first-order valence-corrected chi connectivity index (χ1v) is 11.2. The number of ether oxygens (including phenoxy) is 1. The Morgan fingerprint density at radius 3 is 2.41 bits per heavy atom. The summed E-state index contributed by atoms with van der Waals surface area (Å²) in [6.07, 6.45) is 1.59. The minimum Gasteiger partial charge on any atom is -0.454 e. The molecule has 0 spiro atoms. The molecule has 0 aliphatic carbocycles. The van der Waals surface area contributed by atoms with E-state index >= 15 is 0 Å². The Morgan fingerprint density at radius 2 is 1.76 bits per heavy atom. The summed E-state index contributed by atoms with van der Waals surface area (Å²) in [6.45, 7) is 2.52. The van der Waals surface area contributed by atoms with Crippen LogP contribution >= 0.6 is 11.6 Å². The van der Waals surface area contributed by atoms with E-state index in [-0.39, 0.29) is 21.3 Å². The van der Waals surface area contributed by atoms with E-state index in [9.17, 15) is 18.0 Å². The van der Waals surface area contributed by atoms with E-state index in [1.54, 1.807) is 30.3 Å². The number of carbonyl (C=O) groups is 2. The van der Waals surface area contributed by atoms with Crippen molar-refractivity contribution in [3.05, 3.63) is 64.7 Å². The number of rotatable bonds is 6. The zero-order valence-electron chi connectivity index (χ0n) is 16.0. The number of hydrogen-bond donors (Lipinski definition) is 0. The molecule has 6 nitrogen and oxygen atoms in total. The third kappa shape index (κ3) is 5.04. The lowest BCUT2D eigenvalue weighted by atomic mass is 10.0. The van der Waals surface area contributed by atoms with Gasteiger partial charge in [0.25, 0.3) is 0 Å². The lowest BCUT2D eigenvalue weighted by molar-refractivity contribution is 0.0474. The van der Waals surface area contributed by atoms with Crippen LogP contribution in [0.3, 0.4) is 0 Å². The summed E-state index contributed by atoms with van der Waals surface area (Å²) in [5.41, 5.74) is 0.334. The molecule has 1 fully saturated rings. The van der Waals surface area contributed by atoms with E-state index in [1.165, 1.54) is 22.5 Å². The summed E-state index contributed by atoms with van der Waals surface area (Å²) >= 11 is 6.08. The van der Waals surface area contributed by atoms with Crippen molar-refractivity contribution in [3.8, 4) is 0 Å². The van der Waals surface area contributed by atoms with Gasteiger partial charge in [-0.3, -0.25) is 4.79 Å². The zero-order chi connectivity index (χ0) is 21.0. The number of carbonyl (C=O) groups excluding carboxylic acids is 2. The first-order chi connectivity index (χ1) is 13.8. The average molecular weight is 436 g/mol. The summed E-state index contributed by atoms with van der Waals surface area (Å²) in [7, 11) is -3.73. The van der Waals surface area contributed by atoms with Gasteiger partial charge in [-0.25, -0.2) is 13.2 Å². The highest BCUT2D eigenvalue weighted by Gasteiger charge is 2.29. The van der Waals surface area contributed by atoms with Crippen LogP contribution in [-0.2, 0) is 14.8 Å². The van der Waals surface area contributed by atoms with Crippen LogP contribution in [0.5, 0.6) is 0 Å². The minimum absolute atomic E-state index is 0.0159. The monoisotopic (exact) mass is 435 g/mol. The SMILES string of the molecule is CC1CCN(S(=O)(=O)c2ccc(Cl)c(C(=O)OCC(=O)c3ccccc3)c2)CC1. The molecule has 8 heteroatoms. The Balaban J connectivity index is 1.74. The number of piperidine rings is 1. The maximum atomic E-state index is 12.9. The maximum absolute atomic E-state index is 12.9. The maximum Gasteiger partial charge on any atom is 0.340 e. The zero-order valence-corrected chi connectivity index (χ0v) is 17.6. The van der Waals surface area contributed by atoms with Crippen molar-refractivity contribution in [3.63, 3.8) is 0 Å². The normalized spacial score (nSPS) is 15.8. The lowest BCUT2D eigenvalue weighted by Gasteiger charge is -2.29. The van der Waals surface area contributed by atoms with E-state index in [2.05, 4.69) is 6.92 Å². The Morgan fingerprint density at radius 1 is 1.10 bits per heavy atom. The van der Waals surface area contributed by atoms with Crippen LogP contribution in [0, 0.1) is 5.92 Å². The molecule has 2 aromatic carbocycles. The molecule has 0 unspecified atom stereocenters. The lowest BCUT2D eigenvalue weighted by Crippen LogP contribution is -2.37. The molecule has 1 aliphatic rings. The molecule has 1 aliphatic heterocycles. The number of hydrogen-bond acceptors (Lipinski definition) is 5. The van der Waals surface area contributed by atoms with E-state index in [0.29, 0.717) is 24.6 Å². The van der Waals surface area contributed by atoms with Crippen LogP contribution in [0.4, 0.5) is 0 Å². The van der Waals surface area contributed by atoms with Crippen LogP contribution < -0.4 is 0 Å². The number of esters is 1. The van der Waals surface area contributed by atoms with Gasteiger partial charge in [-0.2, -0.15) is 4.31 Å². The van der Waals surface area contributed by atoms with Gasteiger partial charge in [-0.05, 0) is 37.0 Å². The quantitative estimate of drug-likeness (QED) is 0.509. The minimum atomic E-state index is -3.73. The molecule has 3 rings (SSSR count). The first kappa shape index (κ1) is 21.5. The fourth-order valence-corrected chi connectivity index (χ4v) is 4.80. The van der Waals surface area contributed by atoms with Crippen molar-refractivity contribution in [1.82, 2.24) is 4.31 Å². The van der Waals surface area contributed by atoms with Crippen LogP contribution in [0.2, 0.25) is 5.02 Å². The predicted molar refractivity (Wildman–Crippen MR) is 110 cm³/mol. The molecule has 0 bridgehead atoms. The predicted octanol–water partition coefficient (Wildman–Crippen LogP) is 3.80. The molecule has 1 heterocycles. The van der Waals surface area contributed by atoms with Gasteiger partial charge in [0.1, 0.15) is 0 Å². The fraction of sp³-hybridized carbons (Fsp3) is 0.333. The molecule has 1 saturated heterocycles. The number of Topliss-reactive ketones (excluding diaryl/α,β-unsaturated/α-hetero) is 1. The van der Waals surface area contributed by atoms with E-state index in [0.717, 1.165) is 12.8 Å². The van der Waals surface area contributed by atoms with Gasteiger partial charge >= 0.3 is 5.97 Å². The number of benzene rings is 2. The molecule has 2 aromatic rings. The van der Waals surface area contributed by atoms with Crippen LogP contribution in [0.1, 0.15) is 40.5 Å². The Bertz CT molecular complexity index is 999. The van der Waals surface area contributed by atoms with Gasteiger partial charge < -0.3 is 4.74 Å². The molecule has 0 radical (unpaired) electrons. The fourth-order valence-electron chi connectivity index (χ4n) is 3.11. The van der Waals surface area contributed by atoms with Crippen molar-refractivity contribution < 1.29 is 22.7 Å². The van der Waals surface area contributed by atoms with Gasteiger partial charge in [0.2, 0.25) is 10.0 Å². The number of nitrogens with zero attached hydrogens (tertiary/aromatic N) is 1. The number of ketones is 1. The summed E-state index contributed by atoms with van der Waals surface area (Å²) in [6, 6.07) is 12.4. The van der Waals surface area contributed by atoms with E-state index in [1.807, 2.05) is 0 Å². The van der Waals surface area contributed by atoms with Gasteiger partial charge in [-0.15, -0.1) is 0 Å². The molecule has 154 valence electrons.